The van der Waals surface area contributed by atoms with Crippen molar-refractivity contribution in [3.63, 3.8) is 0 Å². The highest BCUT2D eigenvalue weighted by molar-refractivity contribution is 7.92. The Balaban J connectivity index is 1.08. The molecule has 4 saturated carbocycles. The van der Waals surface area contributed by atoms with E-state index in [1.165, 1.54) is 61.9 Å². The van der Waals surface area contributed by atoms with Gasteiger partial charge in [-0.2, -0.15) is 5.10 Å². The first-order valence-electron chi connectivity index (χ1n) is 14.0. The minimum Gasteiger partial charge on any atom is -0.495 e. The Hall–Kier alpha value is -4.18. The van der Waals surface area contributed by atoms with Crippen LogP contribution >= 0.6 is 0 Å². The van der Waals surface area contributed by atoms with Gasteiger partial charge in [-0.3, -0.25) is 4.72 Å². The largest absolute Gasteiger partial charge is 0.495 e. The number of nitrogens with zero attached hydrogens (tertiary/aromatic N) is 2. The van der Waals surface area contributed by atoms with Crippen molar-refractivity contribution in [3.05, 3.63) is 90.0 Å². The van der Waals surface area contributed by atoms with Crippen molar-refractivity contribution in [3.8, 4) is 22.6 Å². The van der Waals surface area contributed by atoms with Gasteiger partial charge in [0.05, 0.1) is 36.4 Å². The predicted octanol–water partition coefficient (Wildman–Crippen LogP) is 6.26. The van der Waals surface area contributed by atoms with E-state index < -0.39 is 27.4 Å². The van der Waals surface area contributed by atoms with Crippen LogP contribution in [0.15, 0.2) is 78.0 Å². The van der Waals surface area contributed by atoms with Gasteiger partial charge in [-0.05, 0) is 90.2 Å². The maximum atomic E-state index is 14.2. The van der Waals surface area contributed by atoms with Gasteiger partial charge >= 0.3 is 5.97 Å². The standard InChI is InChI=1S/C32H30FN3O5S/c1-41-30-13-27(31(37)38)28(33)14-29(30)35-42(39,40)26-17-34-36(18-26)25-8-4-22(5-9-25)21-2-6-23(7-3-21)32-15-19-10-20(16-32)12-24(32)11-19/h2-9,13-14,17-20,24,35H,10-12,15-16H2,1H3,(H,37,38)/t19-,20?,24+,32?/m1/s1. The summed E-state index contributed by atoms with van der Waals surface area (Å²) in [6.07, 6.45) is 9.47. The molecule has 10 heteroatoms. The number of sulfonamides is 1. The second-order valence-corrected chi connectivity index (χ2v) is 13.6. The van der Waals surface area contributed by atoms with Gasteiger partial charge < -0.3 is 9.84 Å². The molecule has 4 aromatic rings. The summed E-state index contributed by atoms with van der Waals surface area (Å²) in [7, 11) is -2.95. The number of aromatic nitrogens is 2. The number of nitrogens with one attached hydrogen (secondary N) is 1. The molecule has 3 aromatic carbocycles. The van der Waals surface area contributed by atoms with Crippen molar-refractivity contribution in [1.82, 2.24) is 9.78 Å². The summed E-state index contributed by atoms with van der Waals surface area (Å²) in [5.41, 5.74) is 3.89. The molecule has 4 aliphatic carbocycles. The predicted molar refractivity (Wildman–Crippen MR) is 155 cm³/mol. The average Bonchev–Trinajstić information content (AvgIpc) is 3.64. The van der Waals surface area contributed by atoms with E-state index in [2.05, 4.69) is 34.1 Å². The van der Waals surface area contributed by atoms with Crippen LogP contribution in [0.2, 0.25) is 0 Å². The lowest BCUT2D eigenvalue weighted by Gasteiger charge is -2.33. The molecule has 42 heavy (non-hydrogen) atoms. The van der Waals surface area contributed by atoms with Gasteiger partial charge in [0, 0.05) is 6.07 Å². The molecular weight excluding hydrogens is 557 g/mol. The number of hydrogen-bond acceptors (Lipinski definition) is 5. The van der Waals surface area contributed by atoms with Crippen LogP contribution in [-0.2, 0) is 15.4 Å². The van der Waals surface area contributed by atoms with Crippen molar-refractivity contribution < 1.29 is 27.4 Å². The van der Waals surface area contributed by atoms with E-state index in [0.29, 0.717) is 11.1 Å². The smallest absolute Gasteiger partial charge is 0.338 e. The Morgan fingerprint density at radius 1 is 1.02 bits per heavy atom. The van der Waals surface area contributed by atoms with Crippen molar-refractivity contribution in [2.24, 2.45) is 17.8 Å². The number of hydrogen-bond donors (Lipinski definition) is 2. The average molecular weight is 588 g/mol. The molecule has 0 radical (unpaired) electrons. The SMILES string of the molecule is COc1cc(C(=O)O)c(F)cc1NS(=O)(=O)c1cnn(-c2ccc(-c3ccc(C45CC6C[C@H](C[C@H]4C6)C5)cc3)cc2)c1. The number of anilines is 1. The number of halogens is 1. The first kappa shape index (κ1) is 26.7. The molecule has 1 heterocycles. The Morgan fingerprint density at radius 3 is 2.29 bits per heavy atom. The summed E-state index contributed by atoms with van der Waals surface area (Å²) >= 11 is 0. The number of aromatic carboxylic acids is 1. The lowest BCUT2D eigenvalue weighted by Crippen LogP contribution is -2.27. The van der Waals surface area contributed by atoms with Crippen LogP contribution in [0.5, 0.6) is 5.75 Å². The molecule has 4 fully saturated rings. The third kappa shape index (κ3) is 4.36. The molecule has 0 spiro atoms. The second kappa shape index (κ2) is 9.69. The lowest BCUT2D eigenvalue weighted by molar-refractivity contribution is 0.0691. The van der Waals surface area contributed by atoms with E-state index >= 15 is 0 Å². The number of benzene rings is 3. The van der Waals surface area contributed by atoms with Crippen molar-refractivity contribution in [2.45, 2.75) is 42.4 Å². The quantitative estimate of drug-likeness (QED) is 0.252. The summed E-state index contributed by atoms with van der Waals surface area (Å²) in [4.78, 5) is 11.1. The fourth-order valence-corrected chi connectivity index (χ4v) is 8.82. The molecule has 4 bridgehead atoms. The normalized spacial score (nSPS) is 24.2. The molecular formula is C32H30FN3O5S. The van der Waals surface area contributed by atoms with Crippen molar-refractivity contribution >= 4 is 21.7 Å². The number of carbonyl (C=O) groups is 1. The van der Waals surface area contributed by atoms with Crippen LogP contribution < -0.4 is 9.46 Å². The first-order chi connectivity index (χ1) is 20.1. The summed E-state index contributed by atoms with van der Waals surface area (Å²) in [5.74, 6) is -0.0319. The molecule has 2 N–H and O–H groups in total. The van der Waals surface area contributed by atoms with Crippen LogP contribution in [0.25, 0.3) is 16.8 Å². The van der Waals surface area contributed by atoms with Crippen LogP contribution in [-0.4, -0.2) is 36.4 Å². The van der Waals surface area contributed by atoms with E-state index in [1.54, 1.807) is 0 Å². The fraction of sp³-hybridized carbons (Fsp3) is 0.312. The van der Waals surface area contributed by atoms with E-state index in [1.807, 2.05) is 24.3 Å². The van der Waals surface area contributed by atoms with Gasteiger partial charge in [0.15, 0.2) is 0 Å². The van der Waals surface area contributed by atoms with Gasteiger partial charge in [0.1, 0.15) is 16.5 Å². The number of methoxy groups -OCH3 is 1. The van der Waals surface area contributed by atoms with Crippen LogP contribution in [0.1, 0.15) is 48.0 Å². The summed E-state index contributed by atoms with van der Waals surface area (Å²) in [6, 6.07) is 18.5. The topological polar surface area (TPSA) is 111 Å². The molecule has 4 aliphatic rings. The number of carboxylic acids is 1. The van der Waals surface area contributed by atoms with Crippen LogP contribution in [0.4, 0.5) is 10.1 Å². The molecule has 1 aromatic heterocycles. The molecule has 8 rings (SSSR count). The summed E-state index contributed by atoms with van der Waals surface area (Å²) in [5, 5.41) is 13.3. The highest BCUT2D eigenvalue weighted by atomic mass is 32.2. The molecule has 216 valence electrons. The summed E-state index contributed by atoms with van der Waals surface area (Å²) < 4.78 is 49.1. The fourth-order valence-electron chi connectivity index (χ4n) is 7.82. The van der Waals surface area contributed by atoms with Gasteiger partial charge in [0.2, 0.25) is 0 Å². The maximum absolute atomic E-state index is 14.2. The van der Waals surface area contributed by atoms with Gasteiger partial charge in [0.25, 0.3) is 10.0 Å². The zero-order valence-corrected chi connectivity index (χ0v) is 23.8. The van der Waals surface area contributed by atoms with E-state index in [0.717, 1.165) is 41.0 Å². The molecule has 4 atom stereocenters. The minimum atomic E-state index is -4.18. The number of rotatable bonds is 8. The molecule has 8 nitrogen and oxygen atoms in total. The highest BCUT2D eigenvalue weighted by Crippen LogP contribution is 2.65. The zero-order valence-electron chi connectivity index (χ0n) is 23.0. The molecule has 0 saturated heterocycles. The monoisotopic (exact) mass is 587 g/mol. The zero-order chi connectivity index (χ0) is 29.2. The first-order valence-corrected chi connectivity index (χ1v) is 15.5. The van der Waals surface area contributed by atoms with Crippen molar-refractivity contribution in [1.29, 1.82) is 0 Å². The third-order valence-corrected chi connectivity index (χ3v) is 10.9. The molecule has 2 unspecified atom stereocenters. The number of carboxylic acid groups (broad SMARTS) is 1. The summed E-state index contributed by atoms with van der Waals surface area (Å²) in [6.45, 7) is 0. The third-order valence-electron chi connectivity index (χ3n) is 9.55. The Bertz CT molecular complexity index is 1790. The highest BCUT2D eigenvalue weighted by Gasteiger charge is 2.58. The molecule has 0 aliphatic heterocycles. The van der Waals surface area contributed by atoms with E-state index in [9.17, 15) is 17.6 Å². The van der Waals surface area contributed by atoms with Gasteiger partial charge in [-0.15, -0.1) is 0 Å². The Morgan fingerprint density at radius 2 is 1.67 bits per heavy atom. The van der Waals surface area contributed by atoms with Crippen molar-refractivity contribution in [2.75, 3.05) is 11.8 Å². The Kier molecular flexibility index (Phi) is 6.16. The van der Waals surface area contributed by atoms with Gasteiger partial charge in [-0.1, -0.05) is 36.4 Å². The van der Waals surface area contributed by atoms with Crippen LogP contribution in [0, 0.1) is 23.6 Å². The maximum Gasteiger partial charge on any atom is 0.338 e. The van der Waals surface area contributed by atoms with E-state index in [-0.39, 0.29) is 16.3 Å². The van der Waals surface area contributed by atoms with Gasteiger partial charge in [-0.25, -0.2) is 22.3 Å². The van der Waals surface area contributed by atoms with E-state index in [4.69, 9.17) is 9.84 Å². The lowest BCUT2D eigenvalue weighted by atomic mass is 9.71. The second-order valence-electron chi connectivity index (χ2n) is 11.9. The Labute approximate surface area is 243 Å². The molecule has 0 amide bonds. The minimum absolute atomic E-state index is 0.129. The number of ether oxygens (including phenoxy) is 1. The van der Waals surface area contributed by atoms with Crippen LogP contribution in [0.3, 0.4) is 0 Å².